The van der Waals surface area contributed by atoms with E-state index in [9.17, 15) is 18.0 Å². The number of rotatable bonds is 5. The Hall–Kier alpha value is -2.87. The van der Waals surface area contributed by atoms with Crippen molar-refractivity contribution < 1.29 is 18.0 Å². The third-order valence-electron chi connectivity index (χ3n) is 4.29. The van der Waals surface area contributed by atoms with Gasteiger partial charge < -0.3 is 10.2 Å². The molecule has 0 spiro atoms. The molecule has 3 rings (SSSR count). The van der Waals surface area contributed by atoms with Gasteiger partial charge in [-0.3, -0.25) is 13.9 Å². The topological polar surface area (TPSA) is 86.8 Å². The highest BCUT2D eigenvalue weighted by molar-refractivity contribution is 7.93. The fourth-order valence-electron chi connectivity index (χ4n) is 2.93. The summed E-state index contributed by atoms with van der Waals surface area (Å²) in [5.41, 5.74) is 1.61. The van der Waals surface area contributed by atoms with Gasteiger partial charge in [0, 0.05) is 24.8 Å². The number of anilines is 2. The smallest absolute Gasteiger partial charge is 0.254 e. The van der Waals surface area contributed by atoms with Crippen LogP contribution < -0.4 is 9.62 Å². The molecule has 0 unspecified atom stereocenters. The van der Waals surface area contributed by atoms with Crippen LogP contribution in [0.1, 0.15) is 16.8 Å². The third kappa shape index (κ3) is 4.46. The number of amides is 2. The summed E-state index contributed by atoms with van der Waals surface area (Å²) in [5.74, 6) is -0.460. The largest absolute Gasteiger partial charge is 0.332 e. The molecule has 2 aromatic rings. The maximum atomic E-state index is 12.5. The molecular formula is C19H21N3O4S. The zero-order valence-corrected chi connectivity index (χ0v) is 15.8. The predicted octanol–water partition coefficient (Wildman–Crippen LogP) is 1.94. The van der Waals surface area contributed by atoms with Gasteiger partial charge in [0.05, 0.1) is 18.0 Å². The Morgan fingerprint density at radius 3 is 2.33 bits per heavy atom. The van der Waals surface area contributed by atoms with Crippen LogP contribution in [0, 0.1) is 0 Å². The van der Waals surface area contributed by atoms with Gasteiger partial charge in [-0.05, 0) is 42.8 Å². The van der Waals surface area contributed by atoms with Crippen molar-refractivity contribution in [3.8, 4) is 0 Å². The summed E-state index contributed by atoms with van der Waals surface area (Å²) in [6.07, 6.45) is 0.599. The van der Waals surface area contributed by atoms with Gasteiger partial charge in [0.1, 0.15) is 0 Å². The molecule has 27 heavy (non-hydrogen) atoms. The van der Waals surface area contributed by atoms with Crippen molar-refractivity contribution in [2.24, 2.45) is 0 Å². The molecule has 1 aliphatic heterocycles. The molecule has 0 aromatic heterocycles. The minimum atomic E-state index is -3.25. The molecule has 0 radical (unpaired) electrons. The quantitative estimate of drug-likeness (QED) is 0.849. The van der Waals surface area contributed by atoms with Crippen molar-refractivity contribution in [1.29, 1.82) is 0 Å². The predicted molar refractivity (Wildman–Crippen MR) is 104 cm³/mol. The minimum absolute atomic E-state index is 0.0873. The lowest BCUT2D eigenvalue weighted by Gasteiger charge is -2.19. The first-order valence-electron chi connectivity index (χ1n) is 8.58. The maximum Gasteiger partial charge on any atom is 0.254 e. The SMILES string of the molecule is CN(CC(=O)Nc1ccccc1)C(=O)c1ccc(N2CCCS2(=O)=O)cc1. The van der Waals surface area contributed by atoms with Crippen LogP contribution in [0.2, 0.25) is 0 Å². The molecule has 7 nitrogen and oxygen atoms in total. The Bertz CT molecular complexity index is 927. The van der Waals surface area contributed by atoms with Crippen molar-refractivity contribution in [1.82, 2.24) is 4.90 Å². The summed E-state index contributed by atoms with van der Waals surface area (Å²) in [6.45, 7) is 0.366. The Morgan fingerprint density at radius 2 is 1.74 bits per heavy atom. The molecule has 142 valence electrons. The highest BCUT2D eigenvalue weighted by Gasteiger charge is 2.28. The number of para-hydroxylation sites is 1. The van der Waals surface area contributed by atoms with E-state index < -0.39 is 10.0 Å². The molecular weight excluding hydrogens is 366 g/mol. The second kappa shape index (κ2) is 7.79. The van der Waals surface area contributed by atoms with Gasteiger partial charge in [-0.15, -0.1) is 0 Å². The molecule has 1 aliphatic rings. The lowest BCUT2D eigenvalue weighted by Crippen LogP contribution is -2.35. The summed E-state index contributed by atoms with van der Waals surface area (Å²) in [7, 11) is -1.70. The highest BCUT2D eigenvalue weighted by Crippen LogP contribution is 2.24. The second-order valence-electron chi connectivity index (χ2n) is 6.36. The number of hydrogen-bond acceptors (Lipinski definition) is 4. The first-order valence-corrected chi connectivity index (χ1v) is 10.2. The van der Waals surface area contributed by atoms with Gasteiger partial charge >= 0.3 is 0 Å². The van der Waals surface area contributed by atoms with Crippen LogP contribution in [0.3, 0.4) is 0 Å². The minimum Gasteiger partial charge on any atom is -0.332 e. The van der Waals surface area contributed by atoms with E-state index in [1.54, 1.807) is 43.4 Å². The molecule has 1 saturated heterocycles. The highest BCUT2D eigenvalue weighted by atomic mass is 32.2. The van der Waals surface area contributed by atoms with Crippen molar-refractivity contribution in [3.05, 3.63) is 60.2 Å². The number of likely N-dealkylation sites (N-methyl/N-ethyl adjacent to an activating group) is 1. The molecule has 0 aliphatic carbocycles. The maximum absolute atomic E-state index is 12.5. The fraction of sp³-hybridized carbons (Fsp3) is 0.263. The zero-order chi connectivity index (χ0) is 19.4. The van der Waals surface area contributed by atoms with Crippen LogP contribution in [0.15, 0.2) is 54.6 Å². The molecule has 0 bridgehead atoms. The number of benzene rings is 2. The van der Waals surface area contributed by atoms with E-state index in [0.717, 1.165) is 0 Å². The summed E-state index contributed by atoms with van der Waals surface area (Å²) >= 11 is 0. The number of sulfonamides is 1. The molecule has 2 aromatic carbocycles. The summed E-state index contributed by atoms with van der Waals surface area (Å²) < 4.78 is 25.3. The molecule has 2 amide bonds. The van der Waals surface area contributed by atoms with E-state index in [0.29, 0.717) is 29.9 Å². The van der Waals surface area contributed by atoms with Crippen LogP contribution in [-0.4, -0.2) is 51.0 Å². The number of nitrogens with zero attached hydrogens (tertiary/aromatic N) is 2. The number of carbonyl (C=O) groups excluding carboxylic acids is 2. The number of carbonyl (C=O) groups is 2. The fourth-order valence-corrected chi connectivity index (χ4v) is 4.49. The van der Waals surface area contributed by atoms with Crippen molar-refractivity contribution in [3.63, 3.8) is 0 Å². The van der Waals surface area contributed by atoms with E-state index in [1.165, 1.54) is 9.21 Å². The average Bonchev–Trinajstić information content (AvgIpc) is 3.01. The second-order valence-corrected chi connectivity index (χ2v) is 8.38. The van der Waals surface area contributed by atoms with E-state index in [4.69, 9.17) is 0 Å². The van der Waals surface area contributed by atoms with Gasteiger partial charge in [0.2, 0.25) is 15.9 Å². The standard InChI is InChI=1S/C19H21N3O4S/c1-21(14-18(23)20-16-6-3-2-4-7-16)19(24)15-8-10-17(11-9-15)22-12-5-13-27(22,25)26/h2-4,6-11H,5,12-14H2,1H3,(H,20,23). The summed E-state index contributed by atoms with van der Waals surface area (Å²) in [4.78, 5) is 25.9. The molecule has 8 heteroatoms. The molecule has 0 saturated carbocycles. The van der Waals surface area contributed by atoms with E-state index in [2.05, 4.69) is 5.32 Å². The lowest BCUT2D eigenvalue weighted by atomic mass is 10.2. The summed E-state index contributed by atoms with van der Waals surface area (Å²) in [6, 6.07) is 15.4. The average molecular weight is 387 g/mol. The van der Waals surface area contributed by atoms with Gasteiger partial charge in [0.15, 0.2) is 0 Å². The Labute approximate surface area is 158 Å². The van der Waals surface area contributed by atoms with E-state index in [-0.39, 0.29) is 24.1 Å². The first kappa shape index (κ1) is 18.9. The Morgan fingerprint density at radius 1 is 1.07 bits per heavy atom. The van der Waals surface area contributed by atoms with Gasteiger partial charge in [0.25, 0.3) is 5.91 Å². The van der Waals surface area contributed by atoms with E-state index >= 15 is 0 Å². The van der Waals surface area contributed by atoms with Crippen LogP contribution in [-0.2, 0) is 14.8 Å². The van der Waals surface area contributed by atoms with Gasteiger partial charge in [-0.2, -0.15) is 0 Å². The third-order valence-corrected chi connectivity index (χ3v) is 6.16. The van der Waals surface area contributed by atoms with Crippen LogP contribution in [0.4, 0.5) is 11.4 Å². The Balaban J connectivity index is 1.62. The van der Waals surface area contributed by atoms with Crippen molar-refractivity contribution >= 4 is 33.2 Å². The van der Waals surface area contributed by atoms with Gasteiger partial charge in [-0.25, -0.2) is 8.42 Å². The zero-order valence-electron chi connectivity index (χ0n) is 15.0. The van der Waals surface area contributed by atoms with Crippen molar-refractivity contribution in [2.75, 3.05) is 35.5 Å². The summed E-state index contributed by atoms with van der Waals surface area (Å²) in [5, 5.41) is 2.73. The molecule has 1 heterocycles. The normalized spacial score (nSPS) is 15.4. The van der Waals surface area contributed by atoms with Crippen molar-refractivity contribution in [2.45, 2.75) is 6.42 Å². The Kier molecular flexibility index (Phi) is 5.46. The number of hydrogen-bond donors (Lipinski definition) is 1. The molecule has 1 fully saturated rings. The monoisotopic (exact) mass is 387 g/mol. The lowest BCUT2D eigenvalue weighted by molar-refractivity contribution is -0.116. The van der Waals surface area contributed by atoms with Crippen LogP contribution >= 0.6 is 0 Å². The van der Waals surface area contributed by atoms with Crippen LogP contribution in [0.5, 0.6) is 0 Å². The van der Waals surface area contributed by atoms with E-state index in [1.807, 2.05) is 18.2 Å². The first-order chi connectivity index (χ1) is 12.9. The van der Waals surface area contributed by atoms with Gasteiger partial charge in [-0.1, -0.05) is 18.2 Å². The van der Waals surface area contributed by atoms with Crippen LogP contribution in [0.25, 0.3) is 0 Å². The molecule has 1 N–H and O–H groups in total. The number of nitrogens with one attached hydrogen (secondary N) is 1. The molecule has 0 atom stereocenters.